The van der Waals surface area contributed by atoms with E-state index < -0.39 is 0 Å². The zero-order chi connectivity index (χ0) is 18.5. The van der Waals surface area contributed by atoms with Crippen LogP contribution in [0.15, 0.2) is 53.9 Å². The number of carbonyl (C=O) groups excluding carboxylic acids is 2. The standard InChI is InChI=1S/C18H17N5O2S/c1-12(24)13-3-5-15(6-4-13)20-16(25)11-26-18-22-21-17(23(18)2)14-7-9-19-10-8-14/h3-10H,11H2,1-2H3,(H,20,25). The number of nitrogens with zero attached hydrogens (tertiary/aromatic N) is 4. The molecule has 2 heterocycles. The van der Waals surface area contributed by atoms with E-state index in [9.17, 15) is 9.59 Å². The number of nitrogens with one attached hydrogen (secondary N) is 1. The minimum absolute atomic E-state index is 0.00860. The zero-order valence-corrected chi connectivity index (χ0v) is 15.2. The number of benzene rings is 1. The van der Waals surface area contributed by atoms with Gasteiger partial charge >= 0.3 is 0 Å². The summed E-state index contributed by atoms with van der Waals surface area (Å²) in [5.74, 6) is 0.761. The van der Waals surface area contributed by atoms with Crippen molar-refractivity contribution in [3.05, 3.63) is 54.4 Å². The first kappa shape index (κ1) is 17.8. The summed E-state index contributed by atoms with van der Waals surface area (Å²) in [5, 5.41) is 11.8. The van der Waals surface area contributed by atoms with Crippen molar-refractivity contribution in [2.24, 2.45) is 7.05 Å². The molecule has 0 bridgehead atoms. The van der Waals surface area contributed by atoms with Gasteiger partial charge in [0.1, 0.15) is 0 Å². The topological polar surface area (TPSA) is 89.8 Å². The minimum atomic E-state index is -0.154. The molecular weight excluding hydrogens is 350 g/mol. The molecule has 26 heavy (non-hydrogen) atoms. The van der Waals surface area contributed by atoms with Crippen LogP contribution in [-0.2, 0) is 11.8 Å². The summed E-state index contributed by atoms with van der Waals surface area (Å²) < 4.78 is 1.84. The molecule has 0 saturated heterocycles. The first-order valence-corrected chi connectivity index (χ1v) is 8.86. The van der Waals surface area contributed by atoms with Crippen LogP contribution in [-0.4, -0.2) is 37.2 Å². The lowest BCUT2D eigenvalue weighted by Crippen LogP contribution is -2.14. The lowest BCUT2D eigenvalue weighted by atomic mass is 10.1. The Morgan fingerprint density at radius 3 is 2.42 bits per heavy atom. The summed E-state index contributed by atoms with van der Waals surface area (Å²) in [7, 11) is 1.86. The molecule has 2 aromatic heterocycles. The lowest BCUT2D eigenvalue weighted by molar-refractivity contribution is -0.113. The van der Waals surface area contributed by atoms with Crippen LogP contribution in [0.2, 0.25) is 0 Å². The molecule has 0 aliphatic carbocycles. The maximum absolute atomic E-state index is 12.1. The van der Waals surface area contributed by atoms with Gasteiger partial charge in [0.05, 0.1) is 5.75 Å². The van der Waals surface area contributed by atoms with E-state index in [1.807, 2.05) is 23.7 Å². The van der Waals surface area contributed by atoms with Gasteiger partial charge in [-0.15, -0.1) is 10.2 Å². The summed E-state index contributed by atoms with van der Waals surface area (Å²) in [6.07, 6.45) is 3.39. The molecule has 1 N–H and O–H groups in total. The molecule has 132 valence electrons. The molecule has 0 aliphatic heterocycles. The Morgan fingerprint density at radius 2 is 1.77 bits per heavy atom. The Morgan fingerprint density at radius 1 is 1.08 bits per heavy atom. The van der Waals surface area contributed by atoms with Crippen LogP contribution in [0.5, 0.6) is 0 Å². The van der Waals surface area contributed by atoms with Crippen molar-refractivity contribution in [2.75, 3.05) is 11.1 Å². The van der Waals surface area contributed by atoms with E-state index in [2.05, 4.69) is 20.5 Å². The van der Waals surface area contributed by atoms with Crippen molar-refractivity contribution in [1.82, 2.24) is 19.7 Å². The van der Waals surface area contributed by atoms with Crippen LogP contribution in [0.25, 0.3) is 11.4 Å². The van der Waals surface area contributed by atoms with E-state index in [0.29, 0.717) is 16.4 Å². The van der Waals surface area contributed by atoms with Crippen LogP contribution < -0.4 is 5.32 Å². The third-order valence-electron chi connectivity index (χ3n) is 3.68. The minimum Gasteiger partial charge on any atom is -0.325 e. The molecule has 3 rings (SSSR count). The maximum Gasteiger partial charge on any atom is 0.234 e. The number of carbonyl (C=O) groups is 2. The van der Waals surface area contributed by atoms with Crippen molar-refractivity contribution in [2.45, 2.75) is 12.1 Å². The molecule has 7 nitrogen and oxygen atoms in total. The van der Waals surface area contributed by atoms with E-state index in [-0.39, 0.29) is 17.4 Å². The number of amides is 1. The van der Waals surface area contributed by atoms with Crippen molar-refractivity contribution >= 4 is 29.1 Å². The average Bonchev–Trinajstić information content (AvgIpc) is 3.02. The molecule has 0 atom stereocenters. The Hall–Kier alpha value is -3.00. The highest BCUT2D eigenvalue weighted by molar-refractivity contribution is 7.99. The quantitative estimate of drug-likeness (QED) is 0.532. The zero-order valence-electron chi connectivity index (χ0n) is 14.3. The van der Waals surface area contributed by atoms with Gasteiger partial charge in [0.25, 0.3) is 0 Å². The highest BCUT2D eigenvalue weighted by Gasteiger charge is 2.13. The fraction of sp³-hybridized carbons (Fsp3) is 0.167. The van der Waals surface area contributed by atoms with Crippen molar-refractivity contribution in [3.8, 4) is 11.4 Å². The Bertz CT molecular complexity index is 923. The fourth-order valence-electron chi connectivity index (χ4n) is 2.31. The second-order valence-corrected chi connectivity index (χ2v) is 6.51. The number of pyridine rings is 1. The van der Waals surface area contributed by atoms with E-state index in [1.165, 1.54) is 18.7 Å². The molecule has 8 heteroatoms. The number of hydrogen-bond acceptors (Lipinski definition) is 6. The van der Waals surface area contributed by atoms with Gasteiger partial charge < -0.3 is 9.88 Å². The van der Waals surface area contributed by atoms with Crippen molar-refractivity contribution < 1.29 is 9.59 Å². The molecule has 0 spiro atoms. The number of ketones is 1. The molecule has 1 aromatic carbocycles. The SMILES string of the molecule is CC(=O)c1ccc(NC(=O)CSc2nnc(-c3ccncc3)n2C)cc1. The lowest BCUT2D eigenvalue weighted by Gasteiger charge is -2.06. The first-order chi connectivity index (χ1) is 12.5. The first-order valence-electron chi connectivity index (χ1n) is 7.88. The molecule has 3 aromatic rings. The van der Waals surface area contributed by atoms with E-state index >= 15 is 0 Å². The predicted octanol–water partition coefficient (Wildman–Crippen LogP) is 2.81. The highest BCUT2D eigenvalue weighted by atomic mass is 32.2. The third kappa shape index (κ3) is 4.15. The van der Waals surface area contributed by atoms with Gasteiger partial charge in [0.15, 0.2) is 16.8 Å². The Kier molecular flexibility index (Phi) is 5.43. The summed E-state index contributed by atoms with van der Waals surface area (Å²) >= 11 is 1.31. The Balaban J connectivity index is 1.60. The molecular formula is C18H17N5O2S. The predicted molar refractivity (Wildman–Crippen MR) is 100 cm³/mol. The molecule has 1 amide bonds. The maximum atomic E-state index is 12.1. The van der Waals surface area contributed by atoms with Gasteiger partial charge in [-0.1, -0.05) is 11.8 Å². The number of anilines is 1. The molecule has 0 fully saturated rings. The van der Waals surface area contributed by atoms with Crippen molar-refractivity contribution in [1.29, 1.82) is 0 Å². The number of thioether (sulfide) groups is 1. The fourth-order valence-corrected chi connectivity index (χ4v) is 3.02. The van der Waals surface area contributed by atoms with Gasteiger partial charge in [-0.05, 0) is 43.3 Å². The van der Waals surface area contributed by atoms with E-state index in [4.69, 9.17) is 0 Å². The second kappa shape index (κ2) is 7.92. The molecule has 0 saturated carbocycles. The van der Waals surface area contributed by atoms with Crippen LogP contribution in [0.4, 0.5) is 5.69 Å². The highest BCUT2D eigenvalue weighted by Crippen LogP contribution is 2.22. The second-order valence-electron chi connectivity index (χ2n) is 5.57. The van der Waals surface area contributed by atoms with Gasteiger partial charge in [-0.25, -0.2) is 0 Å². The van der Waals surface area contributed by atoms with Gasteiger partial charge in [-0.3, -0.25) is 14.6 Å². The number of Topliss-reactive ketones (excluding diaryl/α,β-unsaturated/α-hetero) is 1. The Labute approximate surface area is 154 Å². The largest absolute Gasteiger partial charge is 0.325 e. The number of aromatic nitrogens is 4. The summed E-state index contributed by atoms with van der Waals surface area (Å²) in [6, 6.07) is 10.5. The average molecular weight is 367 g/mol. The smallest absolute Gasteiger partial charge is 0.234 e. The summed E-state index contributed by atoms with van der Waals surface area (Å²) in [4.78, 5) is 27.4. The number of rotatable bonds is 6. The van der Waals surface area contributed by atoms with Crippen LogP contribution >= 0.6 is 11.8 Å². The van der Waals surface area contributed by atoms with Crippen LogP contribution in [0.3, 0.4) is 0 Å². The third-order valence-corrected chi connectivity index (χ3v) is 4.70. The monoisotopic (exact) mass is 367 g/mol. The summed E-state index contributed by atoms with van der Waals surface area (Å²) in [6.45, 7) is 1.51. The summed E-state index contributed by atoms with van der Waals surface area (Å²) in [5.41, 5.74) is 2.17. The molecule has 0 unspecified atom stereocenters. The van der Waals surface area contributed by atoms with Gasteiger partial charge in [-0.2, -0.15) is 0 Å². The van der Waals surface area contributed by atoms with Gasteiger partial charge in [0.2, 0.25) is 5.91 Å². The number of hydrogen-bond donors (Lipinski definition) is 1. The molecule has 0 aliphatic rings. The van der Waals surface area contributed by atoms with Crippen LogP contribution in [0.1, 0.15) is 17.3 Å². The molecule has 0 radical (unpaired) electrons. The van der Waals surface area contributed by atoms with Gasteiger partial charge in [0, 0.05) is 36.3 Å². The van der Waals surface area contributed by atoms with E-state index in [0.717, 1.165) is 11.4 Å². The van der Waals surface area contributed by atoms with Crippen LogP contribution in [0, 0.1) is 0 Å². The van der Waals surface area contributed by atoms with E-state index in [1.54, 1.807) is 36.7 Å². The van der Waals surface area contributed by atoms with Crippen molar-refractivity contribution in [3.63, 3.8) is 0 Å². The normalized spacial score (nSPS) is 10.5.